The van der Waals surface area contributed by atoms with Crippen molar-refractivity contribution >= 4 is 5.69 Å². The number of hydrogen-bond acceptors (Lipinski definition) is 3. The zero-order chi connectivity index (χ0) is 14.5. The Hall–Kier alpha value is -1.06. The van der Waals surface area contributed by atoms with Crippen LogP contribution in [0.4, 0.5) is 5.69 Å². The Balaban J connectivity index is 1.94. The van der Waals surface area contributed by atoms with Gasteiger partial charge in [0.25, 0.3) is 0 Å². The van der Waals surface area contributed by atoms with Gasteiger partial charge in [-0.1, -0.05) is 19.1 Å². The summed E-state index contributed by atoms with van der Waals surface area (Å²) < 4.78 is 0. The fourth-order valence-electron chi connectivity index (χ4n) is 2.89. The van der Waals surface area contributed by atoms with Crippen molar-refractivity contribution in [2.24, 2.45) is 0 Å². The minimum Gasteiger partial charge on any atom is -0.369 e. The van der Waals surface area contributed by atoms with Crippen LogP contribution in [0.2, 0.25) is 0 Å². The van der Waals surface area contributed by atoms with Crippen LogP contribution in [0.15, 0.2) is 24.3 Å². The van der Waals surface area contributed by atoms with Crippen molar-refractivity contribution in [3.8, 4) is 0 Å². The van der Waals surface area contributed by atoms with Gasteiger partial charge in [-0.05, 0) is 45.0 Å². The molecular formula is C17H29N3. The zero-order valence-electron chi connectivity index (χ0n) is 13.4. The molecule has 1 aliphatic rings. The molecule has 0 amide bonds. The van der Waals surface area contributed by atoms with E-state index in [2.05, 4.69) is 67.1 Å². The van der Waals surface area contributed by atoms with Gasteiger partial charge in [0.05, 0.1) is 0 Å². The summed E-state index contributed by atoms with van der Waals surface area (Å²) in [4.78, 5) is 5.05. The van der Waals surface area contributed by atoms with Crippen LogP contribution in [-0.2, 0) is 0 Å². The highest BCUT2D eigenvalue weighted by Crippen LogP contribution is 2.20. The van der Waals surface area contributed by atoms with Gasteiger partial charge in [-0.15, -0.1) is 0 Å². The fraction of sp³-hybridized carbons (Fsp3) is 0.647. The average Bonchev–Trinajstić information content (AvgIpc) is 2.48. The summed E-state index contributed by atoms with van der Waals surface area (Å²) in [5.41, 5.74) is 2.73. The molecule has 0 aliphatic carbocycles. The predicted octanol–water partition coefficient (Wildman–Crippen LogP) is 2.89. The van der Waals surface area contributed by atoms with Gasteiger partial charge in [0, 0.05) is 44.0 Å². The highest BCUT2D eigenvalue weighted by atomic mass is 15.3. The maximum atomic E-state index is 3.46. The second kappa shape index (κ2) is 7.09. The van der Waals surface area contributed by atoms with E-state index in [0.29, 0.717) is 12.1 Å². The summed E-state index contributed by atoms with van der Waals surface area (Å²) in [7, 11) is 0. The first-order chi connectivity index (χ1) is 9.61. The number of nitrogens with zero attached hydrogens (tertiary/aromatic N) is 2. The van der Waals surface area contributed by atoms with Crippen LogP contribution in [0.5, 0.6) is 0 Å². The molecule has 0 aromatic heterocycles. The summed E-state index contributed by atoms with van der Waals surface area (Å²) in [6.07, 6.45) is 0. The van der Waals surface area contributed by atoms with Crippen LogP contribution in [0.1, 0.15) is 39.3 Å². The molecule has 1 aromatic rings. The Kier molecular flexibility index (Phi) is 5.44. The van der Waals surface area contributed by atoms with Crippen LogP contribution in [0.25, 0.3) is 0 Å². The van der Waals surface area contributed by atoms with E-state index in [0.717, 1.165) is 19.6 Å². The molecule has 3 heteroatoms. The molecule has 1 atom stereocenters. The number of anilines is 1. The molecule has 0 bridgehead atoms. The lowest BCUT2D eigenvalue weighted by Gasteiger charge is -2.38. The fourth-order valence-corrected chi connectivity index (χ4v) is 2.89. The van der Waals surface area contributed by atoms with Crippen molar-refractivity contribution in [3.05, 3.63) is 29.8 Å². The van der Waals surface area contributed by atoms with Crippen LogP contribution in [0.3, 0.4) is 0 Å². The molecule has 1 N–H and O–H groups in total. The van der Waals surface area contributed by atoms with Crippen LogP contribution in [0, 0.1) is 0 Å². The van der Waals surface area contributed by atoms with Crippen molar-refractivity contribution in [1.29, 1.82) is 0 Å². The Bertz CT molecular complexity index is 391. The van der Waals surface area contributed by atoms with Crippen molar-refractivity contribution in [1.82, 2.24) is 10.2 Å². The smallest absolute Gasteiger partial charge is 0.0367 e. The van der Waals surface area contributed by atoms with Crippen molar-refractivity contribution in [3.63, 3.8) is 0 Å². The molecule has 1 aliphatic heterocycles. The molecule has 1 heterocycles. The zero-order valence-corrected chi connectivity index (χ0v) is 13.4. The van der Waals surface area contributed by atoms with Gasteiger partial charge in [-0.3, -0.25) is 4.90 Å². The highest BCUT2D eigenvalue weighted by Gasteiger charge is 2.18. The van der Waals surface area contributed by atoms with Gasteiger partial charge in [0.15, 0.2) is 0 Å². The first kappa shape index (κ1) is 15.3. The number of piperazine rings is 1. The Morgan fingerprint density at radius 3 is 2.10 bits per heavy atom. The van der Waals surface area contributed by atoms with Gasteiger partial charge >= 0.3 is 0 Å². The number of benzene rings is 1. The Labute approximate surface area is 124 Å². The predicted molar refractivity (Wildman–Crippen MR) is 87.5 cm³/mol. The van der Waals surface area contributed by atoms with Crippen LogP contribution in [-0.4, -0.2) is 43.7 Å². The summed E-state index contributed by atoms with van der Waals surface area (Å²) in [5, 5.41) is 3.46. The van der Waals surface area contributed by atoms with E-state index < -0.39 is 0 Å². The standard InChI is InChI=1S/C17H29N3/c1-5-18-15(4)16-6-8-17(9-7-16)20-12-10-19(11-13-20)14(2)3/h6-9,14-15,18H,5,10-13H2,1-4H3. The lowest BCUT2D eigenvalue weighted by molar-refractivity contribution is 0.209. The average molecular weight is 275 g/mol. The summed E-state index contributed by atoms with van der Waals surface area (Å²) in [6, 6.07) is 10.2. The minimum atomic E-state index is 0.437. The van der Waals surface area contributed by atoms with E-state index in [9.17, 15) is 0 Å². The minimum absolute atomic E-state index is 0.437. The summed E-state index contributed by atoms with van der Waals surface area (Å²) >= 11 is 0. The lowest BCUT2D eigenvalue weighted by Crippen LogP contribution is -2.48. The summed E-state index contributed by atoms with van der Waals surface area (Å²) in [5.74, 6) is 0. The second-order valence-corrected chi connectivity index (χ2v) is 5.99. The molecule has 1 aromatic carbocycles. The van der Waals surface area contributed by atoms with E-state index in [1.807, 2.05) is 0 Å². The summed E-state index contributed by atoms with van der Waals surface area (Å²) in [6.45, 7) is 14.6. The van der Waals surface area contributed by atoms with Gasteiger partial charge in [-0.25, -0.2) is 0 Å². The van der Waals surface area contributed by atoms with Gasteiger partial charge in [0.1, 0.15) is 0 Å². The van der Waals surface area contributed by atoms with Crippen molar-refractivity contribution in [2.75, 3.05) is 37.6 Å². The van der Waals surface area contributed by atoms with Crippen molar-refractivity contribution in [2.45, 2.75) is 39.8 Å². The first-order valence-electron chi connectivity index (χ1n) is 7.94. The molecule has 3 nitrogen and oxygen atoms in total. The number of hydrogen-bond donors (Lipinski definition) is 1. The van der Waals surface area contributed by atoms with E-state index in [1.165, 1.54) is 24.3 Å². The molecule has 0 spiro atoms. The number of nitrogens with one attached hydrogen (secondary N) is 1. The second-order valence-electron chi connectivity index (χ2n) is 5.99. The molecule has 0 saturated carbocycles. The van der Waals surface area contributed by atoms with E-state index in [-0.39, 0.29) is 0 Å². The van der Waals surface area contributed by atoms with Gasteiger partial charge in [-0.2, -0.15) is 0 Å². The van der Waals surface area contributed by atoms with E-state index in [1.54, 1.807) is 0 Å². The quantitative estimate of drug-likeness (QED) is 0.891. The first-order valence-corrected chi connectivity index (χ1v) is 7.94. The third-order valence-electron chi connectivity index (χ3n) is 4.31. The van der Waals surface area contributed by atoms with Gasteiger partial charge in [0.2, 0.25) is 0 Å². The van der Waals surface area contributed by atoms with E-state index >= 15 is 0 Å². The third-order valence-corrected chi connectivity index (χ3v) is 4.31. The maximum Gasteiger partial charge on any atom is 0.0367 e. The van der Waals surface area contributed by atoms with Crippen LogP contribution >= 0.6 is 0 Å². The molecule has 20 heavy (non-hydrogen) atoms. The SMILES string of the molecule is CCNC(C)c1ccc(N2CCN(C(C)C)CC2)cc1. The lowest BCUT2D eigenvalue weighted by atomic mass is 10.1. The van der Waals surface area contributed by atoms with Gasteiger partial charge < -0.3 is 10.2 Å². The third kappa shape index (κ3) is 3.74. The molecule has 1 unspecified atom stereocenters. The molecule has 1 saturated heterocycles. The highest BCUT2D eigenvalue weighted by molar-refractivity contribution is 5.48. The molecular weight excluding hydrogens is 246 g/mol. The molecule has 2 rings (SSSR count). The topological polar surface area (TPSA) is 18.5 Å². The Morgan fingerprint density at radius 1 is 1.00 bits per heavy atom. The van der Waals surface area contributed by atoms with Crippen molar-refractivity contribution < 1.29 is 0 Å². The maximum absolute atomic E-state index is 3.46. The normalized spacial score (nSPS) is 18.6. The van der Waals surface area contributed by atoms with E-state index in [4.69, 9.17) is 0 Å². The monoisotopic (exact) mass is 275 g/mol. The largest absolute Gasteiger partial charge is 0.369 e. The van der Waals surface area contributed by atoms with Crippen LogP contribution < -0.4 is 10.2 Å². The molecule has 112 valence electrons. The molecule has 1 fully saturated rings. The number of rotatable bonds is 5. The Morgan fingerprint density at radius 2 is 1.60 bits per heavy atom. The molecule has 0 radical (unpaired) electrons.